The van der Waals surface area contributed by atoms with Crippen molar-refractivity contribution >= 4 is 23.3 Å². The first-order valence-electron chi connectivity index (χ1n) is 9.99. The normalized spacial score (nSPS) is 14.0. The largest absolute Gasteiger partial charge is 0.359 e. The fourth-order valence-electron chi connectivity index (χ4n) is 3.44. The van der Waals surface area contributed by atoms with E-state index in [2.05, 4.69) is 20.6 Å². The highest BCUT2D eigenvalue weighted by molar-refractivity contribution is 6.04. The predicted octanol–water partition coefficient (Wildman–Crippen LogP) is 2.45. The third-order valence-electron chi connectivity index (χ3n) is 5.13. The summed E-state index contributed by atoms with van der Waals surface area (Å²) >= 11 is 0. The lowest BCUT2D eigenvalue weighted by atomic mass is 10.1. The van der Waals surface area contributed by atoms with Gasteiger partial charge in [-0.15, -0.1) is 0 Å². The number of pyridine rings is 1. The van der Waals surface area contributed by atoms with Gasteiger partial charge in [0, 0.05) is 31.2 Å². The van der Waals surface area contributed by atoms with Gasteiger partial charge in [-0.1, -0.05) is 37.3 Å². The summed E-state index contributed by atoms with van der Waals surface area (Å²) in [7, 11) is 0. The molecule has 0 spiro atoms. The standard InChI is InChI=1S/C22H24N6O2/c1-2-18(14-27-9-8-23-15-27)26-22(30)17-10-19-21(24-11-17)25-12-20(29)28(19)13-16-6-4-3-5-7-16/h3-11,15,18H,2,12-14H2,1H3,(H,24,25)(H,26,30). The first-order chi connectivity index (χ1) is 14.6. The van der Waals surface area contributed by atoms with E-state index in [1.807, 2.05) is 48.0 Å². The van der Waals surface area contributed by atoms with Crippen molar-refractivity contribution in [3.05, 3.63) is 72.4 Å². The fourth-order valence-corrected chi connectivity index (χ4v) is 3.44. The van der Waals surface area contributed by atoms with Gasteiger partial charge in [0.15, 0.2) is 5.82 Å². The molecule has 1 aliphatic rings. The zero-order chi connectivity index (χ0) is 20.9. The second-order valence-electron chi connectivity index (χ2n) is 7.25. The number of amides is 2. The van der Waals surface area contributed by atoms with Crippen LogP contribution in [0, 0.1) is 0 Å². The van der Waals surface area contributed by atoms with E-state index in [1.165, 1.54) is 0 Å². The monoisotopic (exact) mass is 404 g/mol. The number of carbonyl (C=O) groups excluding carboxylic acids is 2. The summed E-state index contributed by atoms with van der Waals surface area (Å²) in [5, 5.41) is 6.08. The van der Waals surface area contributed by atoms with Crippen molar-refractivity contribution in [1.82, 2.24) is 19.9 Å². The molecule has 0 fully saturated rings. The second kappa shape index (κ2) is 8.77. The molecule has 8 heteroatoms. The highest BCUT2D eigenvalue weighted by Crippen LogP contribution is 2.29. The minimum atomic E-state index is -0.213. The summed E-state index contributed by atoms with van der Waals surface area (Å²) in [6, 6.07) is 11.5. The summed E-state index contributed by atoms with van der Waals surface area (Å²) in [5.74, 6) is 0.333. The summed E-state index contributed by atoms with van der Waals surface area (Å²) in [4.78, 5) is 35.6. The number of aromatic nitrogens is 3. The van der Waals surface area contributed by atoms with E-state index in [4.69, 9.17) is 0 Å². The molecule has 2 aromatic heterocycles. The van der Waals surface area contributed by atoms with Gasteiger partial charge < -0.3 is 20.1 Å². The van der Waals surface area contributed by atoms with Crippen LogP contribution >= 0.6 is 0 Å². The predicted molar refractivity (Wildman–Crippen MR) is 114 cm³/mol. The van der Waals surface area contributed by atoms with Crippen LogP contribution in [0.4, 0.5) is 11.5 Å². The van der Waals surface area contributed by atoms with Gasteiger partial charge in [-0.2, -0.15) is 0 Å². The van der Waals surface area contributed by atoms with Gasteiger partial charge >= 0.3 is 0 Å². The highest BCUT2D eigenvalue weighted by atomic mass is 16.2. The molecule has 4 rings (SSSR count). The lowest BCUT2D eigenvalue weighted by Gasteiger charge is -2.30. The molecule has 154 valence electrons. The molecule has 0 aliphatic carbocycles. The van der Waals surface area contributed by atoms with Crippen LogP contribution in [0.25, 0.3) is 0 Å². The van der Waals surface area contributed by atoms with Crippen LogP contribution in [0.15, 0.2) is 61.3 Å². The molecule has 1 atom stereocenters. The second-order valence-corrected chi connectivity index (χ2v) is 7.25. The highest BCUT2D eigenvalue weighted by Gasteiger charge is 2.26. The zero-order valence-corrected chi connectivity index (χ0v) is 16.8. The number of hydrogen-bond acceptors (Lipinski definition) is 5. The van der Waals surface area contributed by atoms with Crippen LogP contribution in [0.1, 0.15) is 29.3 Å². The number of benzene rings is 1. The summed E-state index contributed by atoms with van der Waals surface area (Å²) < 4.78 is 1.93. The Kier molecular flexibility index (Phi) is 5.74. The third kappa shape index (κ3) is 4.32. The molecule has 30 heavy (non-hydrogen) atoms. The third-order valence-corrected chi connectivity index (χ3v) is 5.13. The van der Waals surface area contributed by atoms with E-state index >= 15 is 0 Å². The minimum Gasteiger partial charge on any atom is -0.359 e. The quantitative estimate of drug-likeness (QED) is 0.631. The molecule has 2 N–H and O–H groups in total. The Morgan fingerprint density at radius 3 is 2.87 bits per heavy atom. The molecule has 0 bridgehead atoms. The van der Waals surface area contributed by atoms with Crippen molar-refractivity contribution in [2.75, 3.05) is 16.8 Å². The minimum absolute atomic E-state index is 0.0390. The summed E-state index contributed by atoms with van der Waals surface area (Å²) in [6.07, 6.45) is 7.64. The maximum absolute atomic E-state index is 12.9. The van der Waals surface area contributed by atoms with E-state index in [9.17, 15) is 9.59 Å². The number of nitrogens with one attached hydrogen (secondary N) is 2. The molecule has 3 aromatic rings. The van der Waals surface area contributed by atoms with E-state index in [1.54, 1.807) is 29.7 Å². The van der Waals surface area contributed by atoms with Crippen LogP contribution in [-0.4, -0.2) is 38.9 Å². The molecule has 3 heterocycles. The molecule has 8 nitrogen and oxygen atoms in total. The zero-order valence-electron chi connectivity index (χ0n) is 16.8. The number of rotatable bonds is 7. The molecule has 0 radical (unpaired) electrons. The molecule has 0 saturated carbocycles. The Morgan fingerprint density at radius 1 is 1.30 bits per heavy atom. The SMILES string of the molecule is CCC(Cn1ccnc1)NC(=O)c1cnc2c(c1)N(Cc1ccccc1)C(=O)CN2. The van der Waals surface area contributed by atoms with Crippen molar-refractivity contribution in [2.24, 2.45) is 0 Å². The number of anilines is 2. The Balaban J connectivity index is 1.54. The van der Waals surface area contributed by atoms with Crippen LogP contribution < -0.4 is 15.5 Å². The fraction of sp³-hybridized carbons (Fsp3) is 0.273. The van der Waals surface area contributed by atoms with E-state index in [0.29, 0.717) is 30.2 Å². The molecule has 2 amide bonds. The van der Waals surface area contributed by atoms with Crippen molar-refractivity contribution in [3.63, 3.8) is 0 Å². The molecular formula is C22H24N6O2. The van der Waals surface area contributed by atoms with E-state index in [0.717, 1.165) is 12.0 Å². The van der Waals surface area contributed by atoms with Gasteiger partial charge in [-0.3, -0.25) is 9.59 Å². The summed E-state index contributed by atoms with van der Waals surface area (Å²) in [6.45, 7) is 3.28. The van der Waals surface area contributed by atoms with Gasteiger partial charge in [0.1, 0.15) is 0 Å². The maximum atomic E-state index is 12.9. The average molecular weight is 404 g/mol. The number of hydrogen-bond donors (Lipinski definition) is 2. The van der Waals surface area contributed by atoms with Crippen molar-refractivity contribution < 1.29 is 9.59 Å². The van der Waals surface area contributed by atoms with Gasteiger partial charge in [0.25, 0.3) is 5.91 Å². The van der Waals surface area contributed by atoms with Crippen LogP contribution in [0.2, 0.25) is 0 Å². The topological polar surface area (TPSA) is 92.2 Å². The number of fused-ring (bicyclic) bond motifs is 1. The molecule has 0 saturated heterocycles. The smallest absolute Gasteiger partial charge is 0.253 e. The van der Waals surface area contributed by atoms with Crippen LogP contribution in [-0.2, 0) is 17.9 Å². The Morgan fingerprint density at radius 2 is 2.13 bits per heavy atom. The number of carbonyl (C=O) groups is 2. The molecule has 1 aromatic carbocycles. The van der Waals surface area contributed by atoms with Gasteiger partial charge in [0.05, 0.1) is 30.7 Å². The maximum Gasteiger partial charge on any atom is 0.253 e. The Bertz CT molecular complexity index is 1020. The van der Waals surface area contributed by atoms with Crippen molar-refractivity contribution in [2.45, 2.75) is 32.5 Å². The van der Waals surface area contributed by atoms with Gasteiger partial charge in [-0.25, -0.2) is 9.97 Å². The number of imidazole rings is 1. The molecular weight excluding hydrogens is 380 g/mol. The first-order valence-corrected chi connectivity index (χ1v) is 9.99. The lowest BCUT2D eigenvalue weighted by molar-refractivity contribution is -0.117. The van der Waals surface area contributed by atoms with Gasteiger partial charge in [0.2, 0.25) is 5.91 Å². The molecule has 1 aliphatic heterocycles. The van der Waals surface area contributed by atoms with Crippen LogP contribution in [0.3, 0.4) is 0 Å². The Labute approximate surface area is 175 Å². The van der Waals surface area contributed by atoms with E-state index < -0.39 is 0 Å². The van der Waals surface area contributed by atoms with Crippen LogP contribution in [0.5, 0.6) is 0 Å². The number of nitrogens with zero attached hydrogens (tertiary/aromatic N) is 4. The van der Waals surface area contributed by atoms with Crippen molar-refractivity contribution in [3.8, 4) is 0 Å². The lowest BCUT2D eigenvalue weighted by Crippen LogP contribution is -2.40. The average Bonchev–Trinajstić information content (AvgIpc) is 3.28. The molecule has 1 unspecified atom stereocenters. The van der Waals surface area contributed by atoms with Crippen molar-refractivity contribution in [1.29, 1.82) is 0 Å². The van der Waals surface area contributed by atoms with E-state index in [-0.39, 0.29) is 24.4 Å². The van der Waals surface area contributed by atoms with Gasteiger partial charge in [-0.05, 0) is 18.1 Å². The first kappa shape index (κ1) is 19.6. The Hall–Kier alpha value is -3.68. The summed E-state index contributed by atoms with van der Waals surface area (Å²) in [5.41, 5.74) is 2.05.